The fourth-order valence-electron chi connectivity index (χ4n) is 1.95. The zero-order valence-corrected chi connectivity index (χ0v) is 11.1. The number of aliphatic hydroxyl groups is 1. The van der Waals surface area contributed by atoms with Crippen molar-refractivity contribution in [2.24, 2.45) is 5.92 Å². The molecule has 1 aromatic heterocycles. The number of hydrogen-bond acceptors (Lipinski definition) is 3. The lowest BCUT2D eigenvalue weighted by Gasteiger charge is -2.28. The van der Waals surface area contributed by atoms with Crippen LogP contribution in [0.25, 0.3) is 0 Å². The van der Waals surface area contributed by atoms with Crippen LogP contribution in [0, 0.1) is 5.92 Å². The van der Waals surface area contributed by atoms with Crippen molar-refractivity contribution in [3.8, 4) is 0 Å². The van der Waals surface area contributed by atoms with Crippen molar-refractivity contribution >= 4 is 27.3 Å². The van der Waals surface area contributed by atoms with E-state index in [4.69, 9.17) is 4.74 Å². The molecule has 4 heteroatoms. The van der Waals surface area contributed by atoms with Gasteiger partial charge in [-0.1, -0.05) is 0 Å². The van der Waals surface area contributed by atoms with Crippen LogP contribution in [0.5, 0.6) is 0 Å². The Morgan fingerprint density at radius 1 is 1.73 bits per heavy atom. The lowest BCUT2D eigenvalue weighted by atomic mass is 9.85. The molecule has 0 aromatic carbocycles. The summed E-state index contributed by atoms with van der Waals surface area (Å²) in [6, 6.07) is 2.03. The molecule has 2 atom stereocenters. The van der Waals surface area contributed by atoms with Gasteiger partial charge in [-0.05, 0) is 40.7 Å². The first kappa shape index (κ1) is 11.6. The van der Waals surface area contributed by atoms with Crippen molar-refractivity contribution in [2.75, 3.05) is 13.2 Å². The molecule has 1 aliphatic heterocycles. The molecular formula is C11H15BrO2S. The number of ether oxygens (including phenoxy) is 1. The predicted molar refractivity (Wildman–Crippen MR) is 65.3 cm³/mol. The van der Waals surface area contributed by atoms with E-state index in [1.54, 1.807) is 11.3 Å². The maximum atomic E-state index is 10.4. The molecule has 1 N–H and O–H groups in total. The quantitative estimate of drug-likeness (QED) is 0.928. The van der Waals surface area contributed by atoms with Gasteiger partial charge in [0.2, 0.25) is 0 Å². The Kier molecular flexibility index (Phi) is 3.50. The molecule has 1 fully saturated rings. The van der Waals surface area contributed by atoms with Gasteiger partial charge in [-0.15, -0.1) is 11.3 Å². The van der Waals surface area contributed by atoms with Crippen molar-refractivity contribution in [3.05, 3.63) is 20.8 Å². The summed E-state index contributed by atoms with van der Waals surface area (Å²) in [7, 11) is 0. The van der Waals surface area contributed by atoms with Crippen LogP contribution in [0.1, 0.15) is 18.2 Å². The number of rotatable bonds is 3. The molecule has 0 saturated carbocycles. The predicted octanol–water partition coefficient (Wildman–Crippen LogP) is 2.84. The normalized spacial score (nSPS) is 25.4. The molecule has 84 valence electrons. The van der Waals surface area contributed by atoms with Gasteiger partial charge in [0.1, 0.15) is 0 Å². The van der Waals surface area contributed by atoms with Crippen LogP contribution in [-0.2, 0) is 11.2 Å². The fraction of sp³-hybridized carbons (Fsp3) is 0.636. The Balaban J connectivity index is 2.06. The molecule has 2 nitrogen and oxygen atoms in total. The minimum absolute atomic E-state index is 0.270. The van der Waals surface area contributed by atoms with Crippen LogP contribution in [0.15, 0.2) is 15.9 Å². The zero-order chi connectivity index (χ0) is 10.9. The van der Waals surface area contributed by atoms with Gasteiger partial charge < -0.3 is 9.84 Å². The molecule has 1 aromatic rings. The summed E-state index contributed by atoms with van der Waals surface area (Å²) in [5, 5.41) is 12.5. The Labute approximate surface area is 102 Å². The highest BCUT2D eigenvalue weighted by Gasteiger charge is 2.35. The number of hydrogen-bond donors (Lipinski definition) is 1. The minimum atomic E-state index is -0.649. The Morgan fingerprint density at radius 3 is 3.07 bits per heavy atom. The number of halogens is 1. The molecule has 0 radical (unpaired) electrons. The van der Waals surface area contributed by atoms with E-state index in [1.807, 2.05) is 18.4 Å². The molecule has 0 spiro atoms. The topological polar surface area (TPSA) is 29.5 Å². The van der Waals surface area contributed by atoms with Gasteiger partial charge in [0.05, 0.1) is 12.2 Å². The van der Waals surface area contributed by atoms with Gasteiger partial charge >= 0.3 is 0 Å². The van der Waals surface area contributed by atoms with Crippen LogP contribution < -0.4 is 0 Å². The summed E-state index contributed by atoms with van der Waals surface area (Å²) in [6.07, 6.45) is 1.68. The van der Waals surface area contributed by atoms with Crippen molar-refractivity contribution < 1.29 is 9.84 Å². The first-order valence-corrected chi connectivity index (χ1v) is 6.79. The van der Waals surface area contributed by atoms with Gasteiger partial charge in [-0.25, -0.2) is 0 Å². The molecule has 0 amide bonds. The fourth-order valence-corrected chi connectivity index (χ4v) is 3.60. The summed E-state index contributed by atoms with van der Waals surface area (Å²) in [4.78, 5) is 1.21. The maximum Gasteiger partial charge on any atom is 0.0719 e. The summed E-state index contributed by atoms with van der Waals surface area (Å²) in [6.45, 7) is 3.39. The highest BCUT2D eigenvalue weighted by atomic mass is 79.9. The highest BCUT2D eigenvalue weighted by Crippen LogP contribution is 2.33. The van der Waals surface area contributed by atoms with E-state index in [9.17, 15) is 5.11 Å². The van der Waals surface area contributed by atoms with Crippen LogP contribution in [0.2, 0.25) is 0 Å². The van der Waals surface area contributed by atoms with Gasteiger partial charge in [0, 0.05) is 28.3 Å². The summed E-state index contributed by atoms with van der Waals surface area (Å²) in [5.41, 5.74) is -0.649. The molecular weight excluding hydrogens is 276 g/mol. The third kappa shape index (κ3) is 2.61. The van der Waals surface area contributed by atoms with E-state index in [2.05, 4.69) is 15.9 Å². The van der Waals surface area contributed by atoms with Crippen molar-refractivity contribution in [1.82, 2.24) is 0 Å². The SMILES string of the molecule is CC(O)(Cc1sccc1Br)C1CCOC1. The molecule has 0 aliphatic carbocycles. The summed E-state index contributed by atoms with van der Waals surface area (Å²) in [5.74, 6) is 0.270. The van der Waals surface area contributed by atoms with Gasteiger partial charge in [0.15, 0.2) is 0 Å². The smallest absolute Gasteiger partial charge is 0.0719 e. The lowest BCUT2D eigenvalue weighted by molar-refractivity contribution is -0.00400. The average molecular weight is 291 g/mol. The van der Waals surface area contributed by atoms with Crippen LogP contribution >= 0.6 is 27.3 Å². The standard InChI is InChI=1S/C11H15BrO2S/c1-11(13,8-2-4-14-7-8)6-10-9(12)3-5-15-10/h3,5,8,13H,2,4,6-7H2,1H3. The Bertz CT molecular complexity index is 329. The highest BCUT2D eigenvalue weighted by molar-refractivity contribution is 9.10. The van der Waals surface area contributed by atoms with Crippen molar-refractivity contribution in [1.29, 1.82) is 0 Å². The van der Waals surface area contributed by atoms with Crippen LogP contribution in [0.4, 0.5) is 0 Å². The molecule has 0 bridgehead atoms. The van der Waals surface area contributed by atoms with Crippen LogP contribution in [-0.4, -0.2) is 23.9 Å². The van der Waals surface area contributed by atoms with Crippen molar-refractivity contribution in [3.63, 3.8) is 0 Å². The van der Waals surface area contributed by atoms with Crippen LogP contribution in [0.3, 0.4) is 0 Å². The van der Waals surface area contributed by atoms with E-state index in [1.165, 1.54) is 4.88 Å². The second-order valence-corrected chi connectivity index (χ2v) is 6.14. The molecule has 1 saturated heterocycles. The van der Waals surface area contributed by atoms with E-state index >= 15 is 0 Å². The Hall–Kier alpha value is 0.1000. The molecule has 2 unspecified atom stereocenters. The van der Waals surface area contributed by atoms with Crippen molar-refractivity contribution in [2.45, 2.75) is 25.4 Å². The average Bonchev–Trinajstić information content (AvgIpc) is 2.77. The van der Waals surface area contributed by atoms with E-state index in [0.29, 0.717) is 13.0 Å². The summed E-state index contributed by atoms with van der Waals surface area (Å²) < 4.78 is 6.43. The minimum Gasteiger partial charge on any atom is -0.389 e. The first-order chi connectivity index (χ1) is 7.09. The molecule has 15 heavy (non-hydrogen) atoms. The molecule has 2 heterocycles. The lowest BCUT2D eigenvalue weighted by Crippen LogP contribution is -2.37. The third-order valence-corrected chi connectivity index (χ3v) is 4.95. The Morgan fingerprint density at radius 2 is 2.53 bits per heavy atom. The monoisotopic (exact) mass is 290 g/mol. The molecule has 1 aliphatic rings. The first-order valence-electron chi connectivity index (χ1n) is 5.11. The largest absolute Gasteiger partial charge is 0.389 e. The zero-order valence-electron chi connectivity index (χ0n) is 8.70. The van der Waals surface area contributed by atoms with E-state index in [0.717, 1.165) is 17.5 Å². The van der Waals surface area contributed by atoms with Gasteiger partial charge in [-0.3, -0.25) is 0 Å². The van der Waals surface area contributed by atoms with Gasteiger partial charge in [-0.2, -0.15) is 0 Å². The summed E-state index contributed by atoms with van der Waals surface area (Å²) >= 11 is 5.18. The molecule has 2 rings (SSSR count). The maximum absolute atomic E-state index is 10.4. The second-order valence-electron chi connectivity index (χ2n) is 4.29. The van der Waals surface area contributed by atoms with E-state index in [-0.39, 0.29) is 5.92 Å². The number of thiophene rings is 1. The third-order valence-electron chi connectivity index (χ3n) is 3.02. The van der Waals surface area contributed by atoms with E-state index < -0.39 is 5.60 Å². The second kappa shape index (κ2) is 4.53. The van der Waals surface area contributed by atoms with Gasteiger partial charge in [0.25, 0.3) is 0 Å².